The first-order valence-corrected chi connectivity index (χ1v) is 40.8. The molecule has 17 nitrogen and oxygen atoms in total. The first kappa shape index (κ1) is 93.5. The number of phosphoric acid groups is 2. The van der Waals surface area contributed by atoms with E-state index in [-0.39, 0.29) is 25.7 Å². The Kier molecular flexibility index (Phi) is 67.6. The molecule has 0 aliphatic heterocycles. The number of carbonyl (C=O) groups excluding carboxylic acids is 4. The molecule has 5 unspecified atom stereocenters. The normalized spacial score (nSPS) is 14.6. The van der Waals surface area contributed by atoms with E-state index in [0.29, 0.717) is 32.1 Å². The Bertz CT molecular complexity index is 2340. The lowest BCUT2D eigenvalue weighted by Crippen LogP contribution is -2.30. The van der Waals surface area contributed by atoms with Crippen molar-refractivity contribution >= 4 is 39.5 Å². The summed E-state index contributed by atoms with van der Waals surface area (Å²) in [4.78, 5) is 72.7. The van der Waals surface area contributed by atoms with Crippen LogP contribution < -0.4 is 0 Å². The van der Waals surface area contributed by atoms with Gasteiger partial charge in [0.2, 0.25) is 0 Å². The number of esters is 4. The summed E-state index contributed by atoms with van der Waals surface area (Å²) in [5.41, 5.74) is 0. The van der Waals surface area contributed by atoms with Crippen LogP contribution in [-0.2, 0) is 65.4 Å². The van der Waals surface area contributed by atoms with Gasteiger partial charge in [-0.1, -0.05) is 278 Å². The summed E-state index contributed by atoms with van der Waals surface area (Å²) in [5.74, 6) is -2.29. The average Bonchev–Trinajstić information content (AvgIpc) is 1.03. The van der Waals surface area contributed by atoms with Crippen molar-refractivity contribution in [3.05, 3.63) is 122 Å². The Labute approximate surface area is 593 Å². The van der Waals surface area contributed by atoms with Crippen molar-refractivity contribution in [2.45, 2.75) is 316 Å². The number of hydrogen-bond acceptors (Lipinski definition) is 15. The highest BCUT2D eigenvalue weighted by Crippen LogP contribution is 2.45. The van der Waals surface area contributed by atoms with Gasteiger partial charge in [0, 0.05) is 25.7 Å². The van der Waals surface area contributed by atoms with Gasteiger partial charge in [0.15, 0.2) is 12.2 Å². The third-order valence-electron chi connectivity index (χ3n) is 15.4. The van der Waals surface area contributed by atoms with Crippen LogP contribution in [0.2, 0.25) is 0 Å². The van der Waals surface area contributed by atoms with Gasteiger partial charge in [-0.3, -0.25) is 37.3 Å². The molecule has 0 bridgehead atoms. The van der Waals surface area contributed by atoms with E-state index in [4.69, 9.17) is 37.0 Å². The van der Waals surface area contributed by atoms with Crippen LogP contribution in [0, 0.1) is 0 Å². The number of aliphatic hydroxyl groups excluding tert-OH is 1. The molecule has 0 aliphatic carbocycles. The summed E-state index contributed by atoms with van der Waals surface area (Å²) in [7, 11) is -9.97. The van der Waals surface area contributed by atoms with E-state index in [1.807, 2.05) is 18.2 Å². The molecule has 0 aliphatic rings. The fraction of sp³-hybridized carbons (Fsp3) is 0.696. The molecule has 0 saturated carbocycles. The molecule has 3 N–H and O–H groups in total. The molecule has 0 aromatic carbocycles. The second kappa shape index (κ2) is 70.9. The molecular weight excluding hydrogens is 1280 g/mol. The summed E-state index contributed by atoms with van der Waals surface area (Å²) in [6.07, 6.45) is 76.5. The van der Waals surface area contributed by atoms with E-state index in [0.717, 1.165) is 161 Å². The third-order valence-corrected chi connectivity index (χ3v) is 17.3. The lowest BCUT2D eigenvalue weighted by atomic mass is 10.1. The molecule has 0 rings (SSSR count). The zero-order chi connectivity index (χ0) is 71.8. The molecule has 0 saturated heterocycles. The van der Waals surface area contributed by atoms with Crippen LogP contribution in [0.5, 0.6) is 0 Å². The van der Waals surface area contributed by atoms with E-state index in [1.54, 1.807) is 0 Å². The van der Waals surface area contributed by atoms with Crippen LogP contribution in [0.3, 0.4) is 0 Å². The Morgan fingerprint density at radius 3 is 0.918 bits per heavy atom. The Balaban J connectivity index is 5.34. The predicted octanol–water partition coefficient (Wildman–Crippen LogP) is 21.6. The van der Waals surface area contributed by atoms with E-state index in [9.17, 15) is 43.2 Å². The Hall–Kier alpha value is -4.54. The quantitative estimate of drug-likeness (QED) is 0.0169. The minimum absolute atomic E-state index is 0.0332. The second-order valence-corrected chi connectivity index (χ2v) is 27.7. The van der Waals surface area contributed by atoms with E-state index in [2.05, 4.69) is 131 Å². The maximum absolute atomic E-state index is 13.1. The zero-order valence-corrected chi connectivity index (χ0v) is 63.0. The van der Waals surface area contributed by atoms with Crippen molar-refractivity contribution in [3.63, 3.8) is 0 Å². The summed E-state index contributed by atoms with van der Waals surface area (Å²) < 4.78 is 68.3. The zero-order valence-electron chi connectivity index (χ0n) is 61.2. The molecule has 0 amide bonds. The van der Waals surface area contributed by atoms with Crippen molar-refractivity contribution in [2.75, 3.05) is 39.6 Å². The highest BCUT2D eigenvalue weighted by atomic mass is 31.2. The number of hydrogen-bond donors (Lipinski definition) is 3. The van der Waals surface area contributed by atoms with E-state index >= 15 is 0 Å². The van der Waals surface area contributed by atoms with Crippen molar-refractivity contribution < 1.29 is 80.2 Å². The number of unbranched alkanes of at least 4 members (excludes halogenated alkanes) is 24. The average molecular weight is 1420 g/mol. The molecule has 562 valence electrons. The lowest BCUT2D eigenvalue weighted by molar-refractivity contribution is -0.161. The van der Waals surface area contributed by atoms with Crippen LogP contribution >= 0.6 is 15.6 Å². The highest BCUT2D eigenvalue weighted by molar-refractivity contribution is 7.47. The summed E-state index contributed by atoms with van der Waals surface area (Å²) in [5, 5.41) is 10.6. The lowest BCUT2D eigenvalue weighted by Gasteiger charge is -2.21. The van der Waals surface area contributed by atoms with Crippen LogP contribution in [0.25, 0.3) is 0 Å². The van der Waals surface area contributed by atoms with Crippen molar-refractivity contribution in [1.29, 1.82) is 0 Å². The number of aliphatic hydroxyl groups is 1. The largest absolute Gasteiger partial charge is 0.472 e. The van der Waals surface area contributed by atoms with Gasteiger partial charge in [0.05, 0.1) is 26.4 Å². The van der Waals surface area contributed by atoms with Gasteiger partial charge in [-0.05, 0) is 116 Å². The number of phosphoric ester groups is 2. The number of allylic oxidation sites excluding steroid dienone is 20. The fourth-order valence-electron chi connectivity index (χ4n) is 9.71. The first-order chi connectivity index (χ1) is 47.7. The number of ether oxygens (including phenoxy) is 4. The smallest absolute Gasteiger partial charge is 0.462 e. The SMILES string of the molecule is CC/C=C\C/C=C\C/C=C\C/C=C\C/C=C\C/C=C\CCC(=O)OCC(COP(=O)(O)OCC(O)COP(=O)(O)OCC(COC(=O)CCCCCCCCC/C=C\C/C=C\C/C=C\CC)OC(=O)CCCCCCCCCCCCC)OC(=O)CCCCCCC/C=C\CCCC. The second-order valence-electron chi connectivity index (χ2n) is 24.8. The van der Waals surface area contributed by atoms with Gasteiger partial charge in [-0.25, -0.2) is 9.13 Å². The van der Waals surface area contributed by atoms with E-state index in [1.165, 1.54) is 51.4 Å². The molecule has 0 aromatic heterocycles. The van der Waals surface area contributed by atoms with Gasteiger partial charge < -0.3 is 33.8 Å². The summed E-state index contributed by atoms with van der Waals surface area (Å²) in [6.45, 7) is 4.49. The summed E-state index contributed by atoms with van der Waals surface area (Å²) >= 11 is 0. The van der Waals surface area contributed by atoms with Crippen LogP contribution in [-0.4, -0.2) is 96.7 Å². The predicted molar refractivity (Wildman–Crippen MR) is 399 cm³/mol. The van der Waals surface area contributed by atoms with Gasteiger partial charge in [-0.2, -0.15) is 0 Å². The van der Waals surface area contributed by atoms with Crippen LogP contribution in [0.4, 0.5) is 0 Å². The minimum atomic E-state index is -4.99. The topological polar surface area (TPSA) is 237 Å². The maximum Gasteiger partial charge on any atom is 0.472 e. The standard InChI is InChI=1S/C79H134O17P2/c1-5-9-13-17-21-25-29-31-33-35-36-38-40-42-46-48-52-56-60-64-77(82)90-70-75(96-79(84)66-62-58-54-50-44-28-24-20-16-12-8-4)72-94-98(87,88)92-68-73(80)67-91-97(85,86)93-71-74(95-78(83)65-61-57-53-49-43-27-23-19-15-11-7-3)69-89-76(81)63-59-55-51-47-45-41-39-37-34-32-30-26-22-18-14-10-6-2/h9-10,13-14,20-22,24-26,31-34,36,38,42,46,52,56,73-75,80H,5-8,11-12,15-19,23,27-30,35,37,39-41,43-45,47-51,53-55,57-72H2,1-4H3,(H,85,86)(H,87,88)/b13-9-,14-10-,24-20-,25-21-,26-22-,33-31-,34-32-,38-36-,46-42-,56-52-. The number of carbonyl (C=O) groups is 4. The molecule has 5 atom stereocenters. The molecule has 0 radical (unpaired) electrons. The van der Waals surface area contributed by atoms with E-state index < -0.39 is 97.5 Å². The Morgan fingerprint density at radius 2 is 0.561 bits per heavy atom. The van der Waals surface area contributed by atoms with Crippen LogP contribution in [0.1, 0.15) is 297 Å². The molecule has 0 aromatic rings. The molecule has 98 heavy (non-hydrogen) atoms. The molecule has 0 fully saturated rings. The van der Waals surface area contributed by atoms with Gasteiger partial charge in [0.25, 0.3) is 0 Å². The molecule has 19 heteroatoms. The minimum Gasteiger partial charge on any atom is -0.462 e. The van der Waals surface area contributed by atoms with Crippen molar-refractivity contribution in [2.24, 2.45) is 0 Å². The summed E-state index contributed by atoms with van der Waals surface area (Å²) in [6, 6.07) is 0. The van der Waals surface area contributed by atoms with Gasteiger partial charge in [0.1, 0.15) is 19.3 Å². The third kappa shape index (κ3) is 69.9. The highest BCUT2D eigenvalue weighted by Gasteiger charge is 2.30. The maximum atomic E-state index is 13.1. The van der Waals surface area contributed by atoms with Gasteiger partial charge >= 0.3 is 39.5 Å². The van der Waals surface area contributed by atoms with Crippen molar-refractivity contribution in [1.82, 2.24) is 0 Å². The fourth-order valence-corrected chi connectivity index (χ4v) is 11.3. The molecule has 0 heterocycles. The van der Waals surface area contributed by atoms with Crippen molar-refractivity contribution in [3.8, 4) is 0 Å². The monoisotopic (exact) mass is 1420 g/mol. The Morgan fingerprint density at radius 1 is 0.296 bits per heavy atom. The van der Waals surface area contributed by atoms with Gasteiger partial charge in [-0.15, -0.1) is 0 Å². The van der Waals surface area contributed by atoms with Crippen LogP contribution in [0.15, 0.2) is 122 Å². The molecular formula is C79H134O17P2. The molecule has 0 spiro atoms. The number of rotatable bonds is 70. The first-order valence-electron chi connectivity index (χ1n) is 37.8.